The van der Waals surface area contributed by atoms with Crippen LogP contribution >= 0.6 is 11.8 Å². The van der Waals surface area contributed by atoms with Crippen molar-refractivity contribution >= 4 is 17.6 Å². The first-order valence-electron chi connectivity index (χ1n) is 10.5. The standard InChI is InChI=1S/C22H25N5O4S/c1-2-3-4-5-6-7-8-17-13-18(15-23-14-17)21-24-25-22(26(21)11-12-28)32-16-19-9-10-20(31-19)27(29)30/h9-10,13-15,28H,2-6,11-12,16H2,1H3. The lowest BCUT2D eigenvalue weighted by atomic mass is 10.1. The van der Waals surface area contributed by atoms with Gasteiger partial charge in [0.05, 0.1) is 18.4 Å². The van der Waals surface area contributed by atoms with E-state index in [0.29, 0.717) is 29.0 Å². The Kier molecular flexibility index (Phi) is 8.83. The van der Waals surface area contributed by atoms with Gasteiger partial charge in [-0.05, 0) is 18.6 Å². The summed E-state index contributed by atoms with van der Waals surface area (Å²) in [6.45, 7) is 2.40. The van der Waals surface area contributed by atoms with Gasteiger partial charge in [0.25, 0.3) is 0 Å². The van der Waals surface area contributed by atoms with Crippen LogP contribution in [0.1, 0.15) is 50.4 Å². The number of thioether (sulfide) groups is 1. The Morgan fingerprint density at radius 1 is 1.25 bits per heavy atom. The van der Waals surface area contributed by atoms with Gasteiger partial charge >= 0.3 is 5.88 Å². The normalized spacial score (nSPS) is 10.7. The first-order valence-corrected chi connectivity index (χ1v) is 11.4. The Balaban J connectivity index is 1.73. The monoisotopic (exact) mass is 455 g/mol. The maximum atomic E-state index is 10.8. The average Bonchev–Trinajstić information content (AvgIpc) is 3.43. The van der Waals surface area contributed by atoms with Gasteiger partial charge in [0.2, 0.25) is 0 Å². The third-order valence-corrected chi connectivity index (χ3v) is 5.58. The maximum absolute atomic E-state index is 10.8. The number of hydrogen-bond acceptors (Lipinski definition) is 8. The van der Waals surface area contributed by atoms with Crippen LogP contribution in [-0.4, -0.2) is 36.4 Å². The molecule has 0 atom stereocenters. The Bertz CT molecular complexity index is 1100. The minimum Gasteiger partial charge on any atom is -0.405 e. The molecule has 0 aromatic carbocycles. The van der Waals surface area contributed by atoms with Crippen LogP contribution < -0.4 is 0 Å². The topological polar surface area (TPSA) is 120 Å². The van der Waals surface area contributed by atoms with Gasteiger partial charge in [0.15, 0.2) is 11.0 Å². The zero-order valence-corrected chi connectivity index (χ0v) is 18.7. The van der Waals surface area contributed by atoms with Crippen molar-refractivity contribution in [2.75, 3.05) is 6.61 Å². The second kappa shape index (κ2) is 12.0. The van der Waals surface area contributed by atoms with E-state index in [0.717, 1.165) is 24.0 Å². The van der Waals surface area contributed by atoms with Crippen molar-refractivity contribution in [3.05, 3.63) is 52.0 Å². The van der Waals surface area contributed by atoms with Gasteiger partial charge in [-0.25, -0.2) is 0 Å². The van der Waals surface area contributed by atoms with Crippen molar-refractivity contribution in [3.63, 3.8) is 0 Å². The molecule has 0 aliphatic heterocycles. The molecule has 0 aliphatic carbocycles. The predicted molar refractivity (Wildman–Crippen MR) is 121 cm³/mol. The third-order valence-electron chi connectivity index (χ3n) is 4.60. The quantitative estimate of drug-likeness (QED) is 0.148. The van der Waals surface area contributed by atoms with Gasteiger partial charge in [-0.1, -0.05) is 49.8 Å². The molecule has 3 heterocycles. The molecule has 0 amide bonds. The lowest BCUT2D eigenvalue weighted by molar-refractivity contribution is -0.402. The number of aromatic nitrogens is 4. The van der Waals surface area contributed by atoms with Crippen LogP contribution in [0.5, 0.6) is 0 Å². The fourth-order valence-corrected chi connectivity index (χ4v) is 3.88. The fourth-order valence-electron chi connectivity index (χ4n) is 3.02. The molecule has 0 unspecified atom stereocenters. The number of unbranched alkanes of at least 4 members (excludes halogenated alkanes) is 4. The van der Waals surface area contributed by atoms with E-state index in [1.165, 1.54) is 37.1 Å². The Labute approximate surface area is 190 Å². The molecule has 3 aromatic rings. The second-order valence-corrected chi connectivity index (χ2v) is 7.98. The van der Waals surface area contributed by atoms with Crippen molar-refractivity contribution in [1.29, 1.82) is 0 Å². The molecule has 168 valence electrons. The minimum absolute atomic E-state index is 0.0878. The molecule has 0 saturated carbocycles. The van der Waals surface area contributed by atoms with Crippen LogP contribution in [0.4, 0.5) is 5.88 Å². The number of pyridine rings is 1. The van der Waals surface area contributed by atoms with E-state index < -0.39 is 4.92 Å². The van der Waals surface area contributed by atoms with Crippen molar-refractivity contribution in [2.24, 2.45) is 0 Å². The van der Waals surface area contributed by atoms with Crippen molar-refractivity contribution in [1.82, 2.24) is 19.7 Å². The number of rotatable bonds is 11. The van der Waals surface area contributed by atoms with Crippen LogP contribution in [-0.2, 0) is 12.3 Å². The molecule has 0 aliphatic rings. The number of hydrogen-bond donors (Lipinski definition) is 1. The van der Waals surface area contributed by atoms with Crippen molar-refractivity contribution < 1.29 is 14.4 Å². The Hall–Kier alpha value is -3.16. The summed E-state index contributed by atoms with van der Waals surface area (Å²) in [6.07, 6.45) is 8.99. The van der Waals surface area contributed by atoms with Gasteiger partial charge < -0.3 is 9.52 Å². The van der Waals surface area contributed by atoms with Crippen LogP contribution in [0.2, 0.25) is 0 Å². The number of nitrogens with zero attached hydrogens (tertiary/aromatic N) is 5. The van der Waals surface area contributed by atoms with Gasteiger partial charge in [0, 0.05) is 36.5 Å². The summed E-state index contributed by atoms with van der Waals surface area (Å²) in [6, 6.07) is 4.79. The first kappa shape index (κ1) is 23.5. The number of aliphatic hydroxyl groups excluding tert-OH is 1. The lowest BCUT2D eigenvalue weighted by Gasteiger charge is -2.08. The van der Waals surface area contributed by atoms with E-state index in [9.17, 15) is 15.2 Å². The van der Waals surface area contributed by atoms with Crippen molar-refractivity contribution in [3.8, 4) is 23.2 Å². The lowest BCUT2D eigenvalue weighted by Crippen LogP contribution is -2.06. The summed E-state index contributed by atoms with van der Waals surface area (Å²) in [4.78, 5) is 14.5. The summed E-state index contributed by atoms with van der Waals surface area (Å²) < 4.78 is 6.98. The molecule has 0 saturated heterocycles. The van der Waals surface area contributed by atoms with E-state index in [1.807, 2.05) is 6.07 Å². The largest absolute Gasteiger partial charge is 0.433 e. The maximum Gasteiger partial charge on any atom is 0.433 e. The molecule has 1 N–H and O–H groups in total. The SMILES string of the molecule is CCCCCCC#Cc1cncc(-c2nnc(SCc3ccc([N+](=O)[O-])o3)n2CCO)c1. The van der Waals surface area contributed by atoms with Crippen LogP contribution in [0.3, 0.4) is 0 Å². The number of nitro groups is 1. The fraction of sp³-hybridized carbons (Fsp3) is 0.409. The van der Waals surface area contributed by atoms with E-state index in [-0.39, 0.29) is 12.5 Å². The summed E-state index contributed by atoms with van der Waals surface area (Å²) in [5, 5.41) is 29.4. The highest BCUT2D eigenvalue weighted by Gasteiger charge is 2.17. The Morgan fingerprint density at radius 3 is 2.88 bits per heavy atom. The number of aliphatic hydroxyl groups is 1. The molecule has 0 spiro atoms. The van der Waals surface area contributed by atoms with Gasteiger partial charge in [-0.15, -0.1) is 10.2 Å². The van der Waals surface area contributed by atoms with Gasteiger partial charge in [-0.2, -0.15) is 0 Å². The minimum atomic E-state index is -0.575. The highest BCUT2D eigenvalue weighted by atomic mass is 32.2. The number of furan rings is 1. The predicted octanol–water partition coefficient (Wildman–Crippen LogP) is 4.45. The molecule has 3 rings (SSSR count). The summed E-state index contributed by atoms with van der Waals surface area (Å²) in [5.74, 6) is 7.43. The molecule has 9 nitrogen and oxygen atoms in total. The molecule has 0 fully saturated rings. The summed E-state index contributed by atoms with van der Waals surface area (Å²) >= 11 is 1.32. The molecule has 0 radical (unpaired) electrons. The van der Waals surface area contributed by atoms with Gasteiger partial charge in [-0.3, -0.25) is 19.7 Å². The third kappa shape index (κ3) is 6.42. The molecular weight excluding hydrogens is 430 g/mol. The van der Waals surface area contributed by atoms with E-state index in [4.69, 9.17) is 4.42 Å². The highest BCUT2D eigenvalue weighted by molar-refractivity contribution is 7.98. The highest BCUT2D eigenvalue weighted by Crippen LogP contribution is 2.28. The van der Waals surface area contributed by atoms with Crippen LogP contribution in [0.25, 0.3) is 11.4 Å². The van der Waals surface area contributed by atoms with Gasteiger partial charge in [0.1, 0.15) is 10.7 Å². The first-order chi connectivity index (χ1) is 15.6. The van der Waals surface area contributed by atoms with E-state index >= 15 is 0 Å². The van der Waals surface area contributed by atoms with E-state index in [1.54, 1.807) is 23.0 Å². The second-order valence-electron chi connectivity index (χ2n) is 7.04. The molecule has 32 heavy (non-hydrogen) atoms. The smallest absolute Gasteiger partial charge is 0.405 e. The molecular formula is C22H25N5O4S. The average molecular weight is 456 g/mol. The van der Waals surface area contributed by atoms with Crippen LogP contribution in [0.15, 0.2) is 40.2 Å². The molecule has 0 bridgehead atoms. The van der Waals surface area contributed by atoms with E-state index in [2.05, 4.69) is 33.9 Å². The summed E-state index contributed by atoms with van der Waals surface area (Å²) in [7, 11) is 0. The summed E-state index contributed by atoms with van der Waals surface area (Å²) in [5.41, 5.74) is 1.55. The Morgan fingerprint density at radius 2 is 2.12 bits per heavy atom. The molecule has 10 heteroatoms. The zero-order valence-electron chi connectivity index (χ0n) is 17.9. The van der Waals surface area contributed by atoms with Crippen LogP contribution in [0, 0.1) is 22.0 Å². The van der Waals surface area contributed by atoms with Crippen molar-refractivity contribution in [2.45, 2.75) is 56.5 Å². The zero-order chi connectivity index (χ0) is 22.8. The molecule has 3 aromatic heterocycles.